The summed E-state index contributed by atoms with van der Waals surface area (Å²) in [7, 11) is 0. The van der Waals surface area contributed by atoms with Crippen molar-refractivity contribution >= 4 is 28.6 Å². The van der Waals surface area contributed by atoms with E-state index in [1.807, 2.05) is 6.92 Å². The summed E-state index contributed by atoms with van der Waals surface area (Å²) in [5.41, 5.74) is 0. The lowest BCUT2D eigenvalue weighted by Gasteiger charge is -2.07. The van der Waals surface area contributed by atoms with E-state index in [1.54, 1.807) is 12.1 Å². The van der Waals surface area contributed by atoms with Crippen LogP contribution in [0.15, 0.2) is 21.5 Å². The average molecular weight is 265 g/mol. The molecule has 0 bridgehead atoms. The first-order valence-electron chi connectivity index (χ1n) is 3.96. The topological polar surface area (TPSA) is 9.23 Å². The third-order valence-corrected chi connectivity index (χ3v) is 2.90. The van der Waals surface area contributed by atoms with E-state index in [9.17, 15) is 4.39 Å². The SMILES string of the molecule is CCCOc1ccc(Br)c(S)c1F. The average Bonchev–Trinajstić information content (AvgIpc) is 2.13. The fourth-order valence-corrected chi connectivity index (χ4v) is 1.34. The third-order valence-electron chi connectivity index (χ3n) is 1.49. The maximum Gasteiger partial charge on any atom is 0.179 e. The van der Waals surface area contributed by atoms with Gasteiger partial charge in [-0.15, -0.1) is 12.6 Å². The first-order chi connectivity index (χ1) is 6.16. The van der Waals surface area contributed by atoms with E-state index < -0.39 is 5.82 Å². The molecule has 0 saturated heterocycles. The summed E-state index contributed by atoms with van der Waals surface area (Å²) in [6, 6.07) is 3.31. The van der Waals surface area contributed by atoms with Gasteiger partial charge < -0.3 is 4.74 Å². The molecule has 0 N–H and O–H groups in total. The van der Waals surface area contributed by atoms with Crippen LogP contribution < -0.4 is 4.74 Å². The van der Waals surface area contributed by atoms with Crippen molar-refractivity contribution in [1.29, 1.82) is 0 Å². The summed E-state index contributed by atoms with van der Waals surface area (Å²) in [5, 5.41) is 0. The van der Waals surface area contributed by atoms with E-state index in [0.717, 1.165) is 6.42 Å². The Balaban J connectivity index is 2.90. The molecule has 1 nitrogen and oxygen atoms in total. The fourth-order valence-electron chi connectivity index (χ4n) is 0.846. The predicted molar refractivity (Wildman–Crippen MR) is 57.1 cm³/mol. The zero-order chi connectivity index (χ0) is 9.84. The van der Waals surface area contributed by atoms with E-state index in [1.165, 1.54) is 0 Å². The van der Waals surface area contributed by atoms with Crippen molar-refractivity contribution in [3.63, 3.8) is 0 Å². The molecule has 0 aliphatic heterocycles. The number of halogens is 2. The summed E-state index contributed by atoms with van der Waals surface area (Å²) in [4.78, 5) is 0.286. The van der Waals surface area contributed by atoms with Gasteiger partial charge in [-0.1, -0.05) is 6.92 Å². The molecule has 0 fully saturated rings. The molecule has 13 heavy (non-hydrogen) atoms. The van der Waals surface area contributed by atoms with Gasteiger partial charge in [0.1, 0.15) is 0 Å². The largest absolute Gasteiger partial charge is 0.490 e. The molecular weight excluding hydrogens is 255 g/mol. The van der Waals surface area contributed by atoms with E-state index in [0.29, 0.717) is 11.1 Å². The van der Waals surface area contributed by atoms with E-state index in [2.05, 4.69) is 28.6 Å². The summed E-state index contributed by atoms with van der Waals surface area (Å²) < 4.78 is 19.2. The van der Waals surface area contributed by atoms with Crippen LogP contribution in [0, 0.1) is 5.82 Å². The van der Waals surface area contributed by atoms with Gasteiger partial charge in [-0.2, -0.15) is 0 Å². The second-order valence-corrected chi connectivity index (χ2v) is 3.86. The smallest absolute Gasteiger partial charge is 0.179 e. The molecule has 0 saturated carbocycles. The van der Waals surface area contributed by atoms with E-state index >= 15 is 0 Å². The van der Waals surface area contributed by atoms with Crippen LogP contribution in [0.25, 0.3) is 0 Å². The highest BCUT2D eigenvalue weighted by atomic mass is 79.9. The Hall–Kier alpha value is -0.220. The molecule has 0 unspecified atom stereocenters. The standard InChI is InChI=1S/C9H10BrFOS/c1-2-5-12-7-4-3-6(10)9(13)8(7)11/h3-4,13H,2,5H2,1H3. The van der Waals surface area contributed by atoms with Crippen LogP contribution in [0.4, 0.5) is 4.39 Å². The second-order valence-electron chi connectivity index (χ2n) is 2.56. The van der Waals surface area contributed by atoms with Crippen molar-refractivity contribution in [3.05, 3.63) is 22.4 Å². The number of thiol groups is 1. The minimum absolute atomic E-state index is 0.259. The Morgan fingerprint density at radius 3 is 2.85 bits per heavy atom. The Bertz CT molecular complexity index is 304. The molecule has 0 spiro atoms. The molecular formula is C9H10BrFOS. The molecule has 0 amide bonds. The minimum atomic E-state index is -0.411. The molecule has 4 heteroatoms. The van der Waals surface area contributed by atoms with Crippen molar-refractivity contribution in [2.75, 3.05) is 6.61 Å². The van der Waals surface area contributed by atoms with Crippen molar-refractivity contribution in [1.82, 2.24) is 0 Å². The van der Waals surface area contributed by atoms with Crippen LogP contribution >= 0.6 is 28.6 Å². The van der Waals surface area contributed by atoms with E-state index in [4.69, 9.17) is 4.74 Å². The monoisotopic (exact) mass is 264 g/mol. The maximum absolute atomic E-state index is 13.4. The molecule has 0 aliphatic rings. The van der Waals surface area contributed by atoms with Gasteiger partial charge in [-0.25, -0.2) is 4.39 Å². The van der Waals surface area contributed by atoms with Crippen molar-refractivity contribution in [3.8, 4) is 5.75 Å². The molecule has 1 aromatic rings. The van der Waals surface area contributed by atoms with Crippen LogP contribution in [-0.4, -0.2) is 6.61 Å². The number of benzene rings is 1. The molecule has 1 aromatic carbocycles. The highest BCUT2D eigenvalue weighted by Crippen LogP contribution is 2.30. The van der Waals surface area contributed by atoms with Gasteiger partial charge in [0.15, 0.2) is 11.6 Å². The van der Waals surface area contributed by atoms with Crippen LogP contribution in [0.5, 0.6) is 5.75 Å². The van der Waals surface area contributed by atoms with Gasteiger partial charge >= 0.3 is 0 Å². The Labute approximate surface area is 90.8 Å². The lowest BCUT2D eigenvalue weighted by Crippen LogP contribution is -1.98. The molecule has 0 radical (unpaired) electrons. The Morgan fingerprint density at radius 2 is 2.23 bits per heavy atom. The Kier molecular flexibility index (Phi) is 4.06. The zero-order valence-corrected chi connectivity index (χ0v) is 9.66. The van der Waals surface area contributed by atoms with Crippen LogP contribution in [0.1, 0.15) is 13.3 Å². The van der Waals surface area contributed by atoms with Crippen LogP contribution in [0.2, 0.25) is 0 Å². The normalized spacial score (nSPS) is 10.2. The molecule has 72 valence electrons. The second kappa shape index (κ2) is 4.86. The molecule has 0 atom stereocenters. The number of rotatable bonds is 3. The van der Waals surface area contributed by atoms with Crippen molar-refractivity contribution in [2.24, 2.45) is 0 Å². The van der Waals surface area contributed by atoms with Crippen molar-refractivity contribution < 1.29 is 9.13 Å². The van der Waals surface area contributed by atoms with Gasteiger partial charge in [0.05, 0.1) is 11.5 Å². The summed E-state index contributed by atoms with van der Waals surface area (Å²) >= 11 is 7.18. The van der Waals surface area contributed by atoms with Crippen LogP contribution in [0.3, 0.4) is 0 Å². The molecule has 0 heterocycles. The molecule has 0 aliphatic carbocycles. The first-order valence-corrected chi connectivity index (χ1v) is 5.20. The lowest BCUT2D eigenvalue weighted by atomic mass is 10.3. The number of ether oxygens (including phenoxy) is 1. The van der Waals surface area contributed by atoms with Gasteiger partial charge in [0, 0.05) is 4.47 Å². The molecule has 1 rings (SSSR count). The number of hydrogen-bond acceptors (Lipinski definition) is 2. The Morgan fingerprint density at radius 1 is 1.54 bits per heavy atom. The van der Waals surface area contributed by atoms with Gasteiger partial charge in [-0.05, 0) is 34.5 Å². The highest BCUT2D eigenvalue weighted by molar-refractivity contribution is 9.10. The lowest BCUT2D eigenvalue weighted by molar-refractivity contribution is 0.298. The van der Waals surface area contributed by atoms with Crippen LogP contribution in [-0.2, 0) is 0 Å². The number of hydrogen-bond donors (Lipinski definition) is 1. The van der Waals surface area contributed by atoms with Gasteiger partial charge in [0.2, 0.25) is 0 Å². The molecule has 0 aromatic heterocycles. The summed E-state index contributed by atoms with van der Waals surface area (Å²) in [5.74, 6) is -0.152. The highest BCUT2D eigenvalue weighted by Gasteiger charge is 2.09. The van der Waals surface area contributed by atoms with Gasteiger partial charge in [0.25, 0.3) is 0 Å². The fraction of sp³-hybridized carbons (Fsp3) is 0.333. The summed E-state index contributed by atoms with van der Waals surface area (Å²) in [6.45, 7) is 2.49. The summed E-state index contributed by atoms with van der Waals surface area (Å²) in [6.07, 6.45) is 0.859. The predicted octanol–water partition coefficient (Wildman–Crippen LogP) is 3.67. The van der Waals surface area contributed by atoms with Crippen molar-refractivity contribution in [2.45, 2.75) is 18.2 Å². The van der Waals surface area contributed by atoms with E-state index in [-0.39, 0.29) is 10.6 Å². The van der Waals surface area contributed by atoms with Gasteiger partial charge in [-0.3, -0.25) is 0 Å². The zero-order valence-electron chi connectivity index (χ0n) is 7.18. The third kappa shape index (κ3) is 2.61. The quantitative estimate of drug-likeness (QED) is 0.820. The minimum Gasteiger partial charge on any atom is -0.490 e. The maximum atomic E-state index is 13.4. The first kappa shape index (κ1) is 10.9.